The number of hydrogen-bond acceptors (Lipinski definition) is 3. The average molecular weight is 256 g/mol. The van der Waals surface area contributed by atoms with Crippen molar-refractivity contribution in [3.8, 4) is 5.75 Å². The number of carbonyl (C=O) groups is 1. The first-order chi connectivity index (χ1) is 8.52. The molecule has 4 nitrogen and oxygen atoms in total. The largest absolute Gasteiger partial charge is 0.496 e. The van der Waals surface area contributed by atoms with Crippen LogP contribution in [0.3, 0.4) is 0 Å². The molecule has 1 unspecified atom stereocenters. The van der Waals surface area contributed by atoms with Crippen LogP contribution in [0.25, 0.3) is 0 Å². The van der Waals surface area contributed by atoms with E-state index >= 15 is 0 Å². The lowest BCUT2D eigenvalue weighted by Crippen LogP contribution is -2.29. The zero-order chi connectivity index (χ0) is 13.3. The molecule has 1 fully saturated rings. The molecule has 1 amide bonds. The zero-order valence-corrected chi connectivity index (χ0v) is 9.95. The number of nitrogens with two attached hydrogens (primary N) is 1. The van der Waals surface area contributed by atoms with E-state index in [1.165, 1.54) is 18.1 Å². The van der Waals surface area contributed by atoms with Crippen molar-refractivity contribution in [1.29, 1.82) is 0 Å². The van der Waals surface area contributed by atoms with Gasteiger partial charge in [0.15, 0.2) is 0 Å². The maximum atomic E-state index is 13.4. The highest BCUT2D eigenvalue weighted by molar-refractivity contribution is 5.97. The number of hydrogen-bond donors (Lipinski definition) is 1. The molecular formula is C12H14F2N2O2. The van der Waals surface area contributed by atoms with Crippen molar-refractivity contribution in [2.24, 2.45) is 0 Å². The Kier molecular flexibility index (Phi) is 3.36. The van der Waals surface area contributed by atoms with Crippen LogP contribution in [-0.4, -0.2) is 37.2 Å². The van der Waals surface area contributed by atoms with Gasteiger partial charge in [-0.1, -0.05) is 0 Å². The molecule has 98 valence electrons. The van der Waals surface area contributed by atoms with Gasteiger partial charge in [0, 0.05) is 12.6 Å². The van der Waals surface area contributed by atoms with Gasteiger partial charge in [-0.3, -0.25) is 4.79 Å². The molecular weight excluding hydrogens is 242 g/mol. The van der Waals surface area contributed by atoms with Gasteiger partial charge >= 0.3 is 0 Å². The third-order valence-corrected chi connectivity index (χ3v) is 2.97. The highest BCUT2D eigenvalue weighted by Gasteiger charge is 2.28. The third-order valence-electron chi connectivity index (χ3n) is 2.97. The number of carbonyl (C=O) groups excluding carboxylic acids is 1. The Balaban J connectivity index is 2.32. The van der Waals surface area contributed by atoms with Gasteiger partial charge in [0.05, 0.1) is 24.9 Å². The van der Waals surface area contributed by atoms with Crippen LogP contribution in [0.5, 0.6) is 5.75 Å². The van der Waals surface area contributed by atoms with Gasteiger partial charge in [0.1, 0.15) is 17.7 Å². The van der Waals surface area contributed by atoms with Gasteiger partial charge in [-0.25, -0.2) is 8.78 Å². The fraction of sp³-hybridized carbons (Fsp3) is 0.417. The second kappa shape index (κ2) is 4.80. The molecule has 1 heterocycles. The van der Waals surface area contributed by atoms with Crippen molar-refractivity contribution >= 4 is 11.6 Å². The fourth-order valence-electron chi connectivity index (χ4n) is 1.98. The Hall–Kier alpha value is -1.85. The molecule has 0 spiro atoms. The summed E-state index contributed by atoms with van der Waals surface area (Å²) in [6, 6.07) is 2.29. The van der Waals surface area contributed by atoms with Crippen LogP contribution in [0.2, 0.25) is 0 Å². The third kappa shape index (κ3) is 2.23. The molecule has 1 atom stereocenters. The van der Waals surface area contributed by atoms with E-state index in [-0.39, 0.29) is 23.5 Å². The Morgan fingerprint density at radius 1 is 1.56 bits per heavy atom. The molecule has 1 aromatic carbocycles. The lowest BCUT2D eigenvalue weighted by Gasteiger charge is -2.17. The lowest BCUT2D eigenvalue weighted by atomic mass is 10.1. The van der Waals surface area contributed by atoms with E-state index < -0.39 is 17.9 Å². The molecule has 0 saturated carbocycles. The number of anilines is 1. The van der Waals surface area contributed by atoms with Gasteiger partial charge in [-0.2, -0.15) is 0 Å². The van der Waals surface area contributed by atoms with Crippen molar-refractivity contribution < 1.29 is 18.3 Å². The molecule has 0 bridgehead atoms. The summed E-state index contributed by atoms with van der Waals surface area (Å²) in [5.74, 6) is -0.928. The lowest BCUT2D eigenvalue weighted by molar-refractivity contribution is 0.0779. The Morgan fingerprint density at radius 3 is 2.83 bits per heavy atom. The Morgan fingerprint density at radius 2 is 2.28 bits per heavy atom. The number of likely N-dealkylation sites (tertiary alicyclic amines) is 1. The van der Waals surface area contributed by atoms with Crippen LogP contribution in [0.4, 0.5) is 14.5 Å². The van der Waals surface area contributed by atoms with Crippen molar-refractivity contribution in [3.05, 3.63) is 23.5 Å². The molecule has 2 rings (SSSR count). The monoisotopic (exact) mass is 256 g/mol. The molecule has 1 aliphatic rings. The number of alkyl halides is 1. The number of rotatable bonds is 2. The SMILES string of the molecule is COc1cc(N)c(F)cc1C(=O)N1CCC(F)C1. The smallest absolute Gasteiger partial charge is 0.257 e. The van der Waals surface area contributed by atoms with Gasteiger partial charge in [0.25, 0.3) is 5.91 Å². The van der Waals surface area contributed by atoms with E-state index in [0.29, 0.717) is 13.0 Å². The highest BCUT2D eigenvalue weighted by Crippen LogP contribution is 2.27. The van der Waals surface area contributed by atoms with Crippen LogP contribution in [0.15, 0.2) is 12.1 Å². The van der Waals surface area contributed by atoms with Crippen molar-refractivity contribution in [2.45, 2.75) is 12.6 Å². The van der Waals surface area contributed by atoms with Crippen LogP contribution >= 0.6 is 0 Å². The van der Waals surface area contributed by atoms with Gasteiger partial charge in [-0.15, -0.1) is 0 Å². The van der Waals surface area contributed by atoms with E-state index in [9.17, 15) is 13.6 Å². The minimum absolute atomic E-state index is 0.0357. The fourth-order valence-corrected chi connectivity index (χ4v) is 1.98. The Labute approximate surface area is 103 Å². The number of nitrogen functional groups attached to an aromatic ring is 1. The molecule has 1 saturated heterocycles. The highest BCUT2D eigenvalue weighted by atomic mass is 19.1. The number of ether oxygens (including phenoxy) is 1. The van der Waals surface area contributed by atoms with Crippen molar-refractivity contribution in [2.75, 3.05) is 25.9 Å². The van der Waals surface area contributed by atoms with Crippen LogP contribution in [0.1, 0.15) is 16.8 Å². The molecule has 0 radical (unpaired) electrons. The number of methoxy groups -OCH3 is 1. The first kappa shape index (κ1) is 12.6. The van der Waals surface area contributed by atoms with Crippen LogP contribution in [0, 0.1) is 5.82 Å². The first-order valence-electron chi connectivity index (χ1n) is 5.59. The van der Waals surface area contributed by atoms with Gasteiger partial charge in [-0.05, 0) is 12.5 Å². The average Bonchev–Trinajstić information content (AvgIpc) is 2.78. The summed E-state index contributed by atoms with van der Waals surface area (Å²) < 4.78 is 31.5. The normalized spacial score (nSPS) is 19.1. The summed E-state index contributed by atoms with van der Waals surface area (Å²) in [6.07, 6.45) is -0.704. The zero-order valence-electron chi connectivity index (χ0n) is 9.95. The van der Waals surface area contributed by atoms with Crippen LogP contribution in [-0.2, 0) is 0 Å². The van der Waals surface area contributed by atoms with E-state index in [1.807, 2.05) is 0 Å². The summed E-state index contributed by atoms with van der Waals surface area (Å²) in [6.45, 7) is 0.364. The maximum absolute atomic E-state index is 13.4. The second-order valence-corrected chi connectivity index (χ2v) is 4.21. The van der Waals surface area contributed by atoms with Crippen molar-refractivity contribution in [1.82, 2.24) is 4.90 Å². The van der Waals surface area contributed by atoms with Gasteiger partial charge < -0.3 is 15.4 Å². The quantitative estimate of drug-likeness (QED) is 0.818. The predicted octanol–water partition coefficient (Wildman–Crippen LogP) is 1.60. The predicted molar refractivity (Wildman–Crippen MR) is 62.8 cm³/mol. The minimum Gasteiger partial charge on any atom is -0.496 e. The first-order valence-corrected chi connectivity index (χ1v) is 5.59. The Bertz CT molecular complexity index is 479. The molecule has 18 heavy (non-hydrogen) atoms. The van der Waals surface area contributed by atoms with Gasteiger partial charge in [0.2, 0.25) is 0 Å². The molecule has 0 aliphatic carbocycles. The number of amides is 1. The summed E-state index contributed by atoms with van der Waals surface area (Å²) >= 11 is 0. The summed E-state index contributed by atoms with van der Waals surface area (Å²) in [5.41, 5.74) is 5.38. The topological polar surface area (TPSA) is 55.6 Å². The van der Waals surface area contributed by atoms with Crippen molar-refractivity contribution in [3.63, 3.8) is 0 Å². The summed E-state index contributed by atoms with van der Waals surface area (Å²) in [5, 5.41) is 0. The summed E-state index contributed by atoms with van der Waals surface area (Å²) in [4.78, 5) is 13.5. The standard InChI is InChI=1S/C12H14F2N2O2/c1-18-11-5-10(15)9(14)4-8(11)12(17)16-3-2-7(13)6-16/h4-5,7H,2-3,6,15H2,1H3. The van der Waals surface area contributed by atoms with E-state index in [2.05, 4.69) is 0 Å². The summed E-state index contributed by atoms with van der Waals surface area (Å²) in [7, 11) is 1.37. The molecule has 0 aromatic heterocycles. The van der Waals surface area contributed by atoms with E-state index in [1.54, 1.807) is 0 Å². The maximum Gasteiger partial charge on any atom is 0.257 e. The number of halogens is 2. The van der Waals surface area contributed by atoms with E-state index in [0.717, 1.165) is 6.07 Å². The number of benzene rings is 1. The van der Waals surface area contributed by atoms with E-state index in [4.69, 9.17) is 10.5 Å². The number of nitrogens with zero attached hydrogens (tertiary/aromatic N) is 1. The molecule has 1 aliphatic heterocycles. The van der Waals surface area contributed by atoms with Crippen LogP contribution < -0.4 is 10.5 Å². The molecule has 1 aromatic rings. The minimum atomic E-state index is -1.02. The molecule has 2 N–H and O–H groups in total. The molecule has 6 heteroatoms. The second-order valence-electron chi connectivity index (χ2n) is 4.21.